The number of anilines is 1. The summed E-state index contributed by atoms with van der Waals surface area (Å²) in [6.45, 7) is -0.498. The molecule has 1 fully saturated rings. The van der Waals surface area contributed by atoms with Crippen LogP contribution >= 0.6 is 0 Å². The molecule has 2 aromatic carbocycles. The standard InChI is InChI=1S/C30H30N4O4/c31-30(38)27-9-4-19(14-28(27)34-21-5-7-22(36)8-6-21)29-26-3-1-2-24(25(26)10-11-33-29)20-12-18(15-32-16-20)13-23(37)17-35/h1-4,9-12,14-16,21-22,34-36H,5-8,13,17H2,(H2,31,38). The summed E-state index contributed by atoms with van der Waals surface area (Å²) in [6.07, 6.45) is 8.08. The zero-order valence-corrected chi connectivity index (χ0v) is 20.9. The molecule has 0 saturated heterocycles. The van der Waals surface area contributed by atoms with Crippen molar-refractivity contribution in [2.24, 2.45) is 5.73 Å². The van der Waals surface area contributed by atoms with Crippen LogP contribution in [0.15, 0.2) is 67.1 Å². The molecule has 1 saturated carbocycles. The Bertz CT molecular complexity index is 1500. The summed E-state index contributed by atoms with van der Waals surface area (Å²) in [6, 6.07) is 15.5. The van der Waals surface area contributed by atoms with Crippen molar-refractivity contribution in [3.63, 3.8) is 0 Å². The maximum Gasteiger partial charge on any atom is 0.250 e. The summed E-state index contributed by atoms with van der Waals surface area (Å²) in [7, 11) is 0. The molecule has 2 heterocycles. The highest BCUT2D eigenvalue weighted by molar-refractivity contribution is 6.04. The number of carbonyl (C=O) groups is 2. The van der Waals surface area contributed by atoms with Crippen molar-refractivity contribution in [3.8, 4) is 22.4 Å². The number of ketones is 1. The van der Waals surface area contributed by atoms with Crippen LogP contribution in [0.3, 0.4) is 0 Å². The fourth-order valence-electron chi connectivity index (χ4n) is 5.17. The number of Topliss-reactive ketones (excluding diaryl/α,β-unsaturated/α-hetero) is 1. The SMILES string of the molecule is NC(=O)c1ccc(-c2nccc3c(-c4cncc(CC(=O)CO)c4)cccc23)cc1NC1CCC(O)CC1. The highest BCUT2D eigenvalue weighted by Gasteiger charge is 2.21. The third-order valence-electron chi connectivity index (χ3n) is 7.10. The Hall–Kier alpha value is -4.14. The molecule has 5 rings (SSSR count). The Morgan fingerprint density at radius 3 is 2.55 bits per heavy atom. The summed E-state index contributed by atoms with van der Waals surface area (Å²) in [5.41, 5.74) is 10.9. The molecule has 1 amide bonds. The monoisotopic (exact) mass is 510 g/mol. The van der Waals surface area contributed by atoms with Gasteiger partial charge in [-0.2, -0.15) is 0 Å². The van der Waals surface area contributed by atoms with Crippen LogP contribution in [0, 0.1) is 0 Å². The van der Waals surface area contributed by atoms with E-state index in [4.69, 9.17) is 10.8 Å². The summed E-state index contributed by atoms with van der Waals surface area (Å²) >= 11 is 0. The first kappa shape index (κ1) is 25.5. The average Bonchev–Trinajstić information content (AvgIpc) is 2.93. The molecule has 194 valence electrons. The van der Waals surface area contributed by atoms with Crippen LogP contribution in [0.25, 0.3) is 33.2 Å². The van der Waals surface area contributed by atoms with Gasteiger partial charge in [-0.3, -0.25) is 19.6 Å². The predicted molar refractivity (Wildman–Crippen MR) is 147 cm³/mol. The van der Waals surface area contributed by atoms with E-state index >= 15 is 0 Å². The molecule has 1 aliphatic rings. The van der Waals surface area contributed by atoms with Crippen molar-refractivity contribution in [2.45, 2.75) is 44.2 Å². The Balaban J connectivity index is 1.54. The average molecular weight is 511 g/mol. The van der Waals surface area contributed by atoms with Crippen molar-refractivity contribution in [3.05, 3.63) is 78.2 Å². The highest BCUT2D eigenvalue weighted by Crippen LogP contribution is 2.35. The van der Waals surface area contributed by atoms with Crippen LogP contribution in [0.2, 0.25) is 0 Å². The number of nitrogens with zero attached hydrogens (tertiary/aromatic N) is 2. The Labute approximate surface area is 220 Å². The van der Waals surface area contributed by atoms with E-state index < -0.39 is 12.5 Å². The van der Waals surface area contributed by atoms with Crippen LogP contribution in [-0.2, 0) is 11.2 Å². The van der Waals surface area contributed by atoms with Gasteiger partial charge in [0, 0.05) is 53.3 Å². The van der Waals surface area contributed by atoms with Gasteiger partial charge in [-0.25, -0.2) is 0 Å². The third-order valence-corrected chi connectivity index (χ3v) is 7.10. The van der Waals surface area contributed by atoms with E-state index in [9.17, 15) is 14.7 Å². The number of pyridine rings is 2. The number of hydrogen-bond donors (Lipinski definition) is 4. The summed E-state index contributed by atoms with van der Waals surface area (Å²) < 4.78 is 0. The van der Waals surface area contributed by atoms with E-state index in [0.717, 1.165) is 64.4 Å². The number of fused-ring (bicyclic) bond motifs is 1. The second-order valence-corrected chi connectivity index (χ2v) is 9.79. The first-order valence-corrected chi connectivity index (χ1v) is 12.8. The predicted octanol–water partition coefficient (Wildman–Crippen LogP) is 3.88. The van der Waals surface area contributed by atoms with Gasteiger partial charge in [0.25, 0.3) is 5.91 Å². The number of nitrogens with one attached hydrogen (secondary N) is 1. The largest absolute Gasteiger partial charge is 0.393 e. The van der Waals surface area contributed by atoms with Gasteiger partial charge in [-0.15, -0.1) is 0 Å². The molecule has 0 bridgehead atoms. The molecule has 5 N–H and O–H groups in total. The number of hydrogen-bond acceptors (Lipinski definition) is 7. The number of nitrogens with two attached hydrogens (primary N) is 1. The van der Waals surface area contributed by atoms with Gasteiger partial charge < -0.3 is 21.3 Å². The lowest BCUT2D eigenvalue weighted by Crippen LogP contribution is -2.29. The normalized spacial score (nSPS) is 17.3. The van der Waals surface area contributed by atoms with Crippen LogP contribution in [0.1, 0.15) is 41.6 Å². The van der Waals surface area contributed by atoms with Crippen molar-refractivity contribution in [1.29, 1.82) is 0 Å². The maximum absolute atomic E-state index is 12.2. The van der Waals surface area contributed by atoms with Crippen molar-refractivity contribution in [2.75, 3.05) is 11.9 Å². The first-order chi connectivity index (χ1) is 18.4. The van der Waals surface area contributed by atoms with E-state index in [0.29, 0.717) is 11.3 Å². The van der Waals surface area contributed by atoms with E-state index in [-0.39, 0.29) is 24.3 Å². The van der Waals surface area contributed by atoms with Gasteiger partial charge in [0.2, 0.25) is 0 Å². The van der Waals surface area contributed by atoms with Crippen LogP contribution in [0.4, 0.5) is 5.69 Å². The van der Waals surface area contributed by atoms with Crippen molar-refractivity contribution >= 4 is 28.2 Å². The Morgan fingerprint density at radius 1 is 0.974 bits per heavy atom. The fourth-order valence-corrected chi connectivity index (χ4v) is 5.17. The molecule has 4 aromatic rings. The second-order valence-electron chi connectivity index (χ2n) is 9.79. The van der Waals surface area contributed by atoms with Crippen LogP contribution in [0.5, 0.6) is 0 Å². The number of amides is 1. The zero-order chi connectivity index (χ0) is 26.6. The molecule has 1 aliphatic carbocycles. The summed E-state index contributed by atoms with van der Waals surface area (Å²) in [4.78, 5) is 32.9. The Morgan fingerprint density at radius 2 is 1.79 bits per heavy atom. The molecule has 0 aliphatic heterocycles. The lowest BCUT2D eigenvalue weighted by atomic mass is 9.92. The Kier molecular flexibility index (Phi) is 7.44. The lowest BCUT2D eigenvalue weighted by Gasteiger charge is -2.28. The minimum absolute atomic E-state index is 0.122. The molecule has 0 spiro atoms. The third kappa shape index (κ3) is 5.41. The van der Waals surface area contributed by atoms with E-state index in [1.165, 1.54) is 0 Å². The van der Waals surface area contributed by atoms with Gasteiger partial charge in [0.05, 0.1) is 17.4 Å². The summed E-state index contributed by atoms with van der Waals surface area (Å²) in [5.74, 6) is -0.767. The molecular weight excluding hydrogens is 480 g/mol. The van der Waals surface area contributed by atoms with Crippen molar-refractivity contribution in [1.82, 2.24) is 9.97 Å². The quantitative estimate of drug-likeness (QED) is 0.282. The van der Waals surface area contributed by atoms with E-state index in [2.05, 4.69) is 15.3 Å². The minimum Gasteiger partial charge on any atom is -0.393 e. The molecule has 0 radical (unpaired) electrons. The maximum atomic E-state index is 12.2. The summed E-state index contributed by atoms with van der Waals surface area (Å²) in [5, 5.41) is 24.4. The van der Waals surface area contributed by atoms with Gasteiger partial charge in [-0.05, 0) is 66.5 Å². The second kappa shape index (κ2) is 11.1. The molecule has 8 nitrogen and oxygen atoms in total. The smallest absolute Gasteiger partial charge is 0.250 e. The van der Waals surface area contributed by atoms with Gasteiger partial charge in [-0.1, -0.05) is 24.3 Å². The van der Waals surface area contributed by atoms with Crippen LogP contribution < -0.4 is 11.1 Å². The molecule has 8 heteroatoms. The van der Waals surface area contributed by atoms with Gasteiger partial charge >= 0.3 is 0 Å². The molecule has 38 heavy (non-hydrogen) atoms. The number of primary amides is 1. The molecular formula is C30H30N4O4. The minimum atomic E-state index is -0.505. The fraction of sp³-hybridized carbons (Fsp3) is 0.267. The van der Waals surface area contributed by atoms with Crippen LogP contribution in [-0.4, -0.2) is 50.6 Å². The number of rotatable bonds is 8. The van der Waals surface area contributed by atoms with Crippen molar-refractivity contribution < 1.29 is 19.8 Å². The number of aromatic nitrogens is 2. The van der Waals surface area contributed by atoms with Gasteiger partial charge in [0.1, 0.15) is 6.61 Å². The topological polar surface area (TPSA) is 138 Å². The van der Waals surface area contributed by atoms with Gasteiger partial charge in [0.15, 0.2) is 5.78 Å². The lowest BCUT2D eigenvalue weighted by molar-refractivity contribution is -0.121. The first-order valence-electron chi connectivity index (χ1n) is 12.8. The number of carbonyl (C=O) groups excluding carboxylic acids is 2. The molecule has 2 aromatic heterocycles. The number of aliphatic hydroxyl groups is 2. The highest BCUT2D eigenvalue weighted by atomic mass is 16.3. The van der Waals surface area contributed by atoms with E-state index in [1.807, 2.05) is 42.5 Å². The zero-order valence-electron chi connectivity index (χ0n) is 20.9. The number of aliphatic hydroxyl groups excluding tert-OH is 2. The van der Waals surface area contributed by atoms with E-state index in [1.54, 1.807) is 24.7 Å². The molecule has 0 unspecified atom stereocenters. The number of benzene rings is 2. The molecule has 0 atom stereocenters.